The maximum absolute atomic E-state index is 11.1. The van der Waals surface area contributed by atoms with Crippen molar-refractivity contribution >= 4 is 10.8 Å². The predicted molar refractivity (Wildman–Crippen MR) is 69.7 cm³/mol. The van der Waals surface area contributed by atoms with E-state index in [1.165, 1.54) is 0 Å². The summed E-state index contributed by atoms with van der Waals surface area (Å²) in [6.07, 6.45) is -0.522. The Morgan fingerprint density at radius 3 is 2.65 bits per heavy atom. The van der Waals surface area contributed by atoms with Gasteiger partial charge in [0.05, 0.1) is 25.9 Å². The molecule has 0 aromatic heterocycles. The first-order chi connectivity index (χ1) is 8.20. The molecule has 0 fully saturated rings. The van der Waals surface area contributed by atoms with Crippen molar-refractivity contribution in [2.75, 3.05) is 51.0 Å². The van der Waals surface area contributed by atoms with Crippen LogP contribution in [0.4, 0.5) is 0 Å². The second-order valence-electron chi connectivity index (χ2n) is 3.56. The van der Waals surface area contributed by atoms with Gasteiger partial charge in [-0.3, -0.25) is 4.21 Å². The lowest BCUT2D eigenvalue weighted by atomic mass is 10.4. The summed E-state index contributed by atoms with van der Waals surface area (Å²) in [4.78, 5) is 0. The Morgan fingerprint density at radius 1 is 1.29 bits per heavy atom. The molecule has 0 radical (unpaired) electrons. The Bertz CT molecular complexity index is 192. The summed E-state index contributed by atoms with van der Waals surface area (Å²) >= 11 is 0. The molecule has 6 heteroatoms. The molecule has 2 unspecified atom stereocenters. The zero-order valence-electron chi connectivity index (χ0n) is 10.8. The zero-order valence-corrected chi connectivity index (χ0v) is 11.6. The average molecular weight is 267 g/mol. The second-order valence-corrected chi connectivity index (χ2v) is 5.43. The van der Waals surface area contributed by atoms with E-state index in [1.54, 1.807) is 0 Å². The first-order valence-corrected chi connectivity index (χ1v) is 7.58. The van der Waals surface area contributed by atoms with Crippen molar-refractivity contribution in [3.05, 3.63) is 0 Å². The molecule has 0 saturated carbocycles. The Hall–Kier alpha value is -0.0100. The molecule has 0 rings (SSSR count). The highest BCUT2D eigenvalue weighted by Crippen LogP contribution is 1.86. The standard InChI is InChI=1S/C11H25NO4S/c1-3-15-6-7-16-10-11(13)9-12-5-8-17(14)4-2/h11-13H,3-10H2,1-2H3. The normalized spacial score (nSPS) is 14.8. The summed E-state index contributed by atoms with van der Waals surface area (Å²) in [5, 5.41) is 12.6. The number of rotatable bonds is 12. The summed E-state index contributed by atoms with van der Waals surface area (Å²) in [7, 11) is -0.743. The molecule has 0 bridgehead atoms. The van der Waals surface area contributed by atoms with Crippen molar-refractivity contribution in [3.8, 4) is 0 Å². The van der Waals surface area contributed by atoms with Crippen LogP contribution in [-0.2, 0) is 20.3 Å². The highest BCUT2D eigenvalue weighted by Gasteiger charge is 2.03. The van der Waals surface area contributed by atoms with E-state index in [0.29, 0.717) is 51.0 Å². The summed E-state index contributed by atoms with van der Waals surface area (Å²) in [5.41, 5.74) is 0. The molecule has 0 heterocycles. The van der Waals surface area contributed by atoms with Gasteiger partial charge < -0.3 is 19.9 Å². The summed E-state index contributed by atoms with van der Waals surface area (Å²) < 4.78 is 21.4. The predicted octanol–water partition coefficient (Wildman–Crippen LogP) is -0.241. The molecule has 0 spiro atoms. The van der Waals surface area contributed by atoms with Crippen LogP contribution in [0, 0.1) is 0 Å². The zero-order chi connectivity index (χ0) is 12.9. The number of aliphatic hydroxyl groups is 1. The molecule has 0 aromatic carbocycles. The molecule has 0 aromatic rings. The Morgan fingerprint density at radius 2 is 2.00 bits per heavy atom. The smallest absolute Gasteiger partial charge is 0.0897 e. The van der Waals surface area contributed by atoms with Crippen molar-refractivity contribution in [1.29, 1.82) is 0 Å². The van der Waals surface area contributed by atoms with Crippen LogP contribution in [0.3, 0.4) is 0 Å². The minimum Gasteiger partial charge on any atom is -0.389 e. The van der Waals surface area contributed by atoms with E-state index in [9.17, 15) is 9.32 Å². The second kappa shape index (κ2) is 12.4. The number of aliphatic hydroxyl groups excluding tert-OH is 1. The lowest BCUT2D eigenvalue weighted by molar-refractivity contribution is 0.00669. The van der Waals surface area contributed by atoms with Gasteiger partial charge in [-0.05, 0) is 6.92 Å². The van der Waals surface area contributed by atoms with Gasteiger partial charge in [0.1, 0.15) is 0 Å². The van der Waals surface area contributed by atoms with Crippen molar-refractivity contribution in [2.45, 2.75) is 20.0 Å². The van der Waals surface area contributed by atoms with Gasteiger partial charge in [-0.1, -0.05) is 6.92 Å². The molecule has 5 nitrogen and oxygen atoms in total. The molecular weight excluding hydrogens is 242 g/mol. The van der Waals surface area contributed by atoms with E-state index >= 15 is 0 Å². The first kappa shape index (κ1) is 17.0. The summed E-state index contributed by atoms with van der Waals surface area (Å²) in [6, 6.07) is 0. The van der Waals surface area contributed by atoms with Crippen LogP contribution in [0.1, 0.15) is 13.8 Å². The first-order valence-electron chi connectivity index (χ1n) is 6.09. The maximum atomic E-state index is 11.1. The van der Waals surface area contributed by atoms with Gasteiger partial charge in [-0.25, -0.2) is 0 Å². The quantitative estimate of drug-likeness (QED) is 0.478. The van der Waals surface area contributed by atoms with Crippen LogP contribution < -0.4 is 5.32 Å². The van der Waals surface area contributed by atoms with Crippen LogP contribution in [-0.4, -0.2) is 66.4 Å². The van der Waals surface area contributed by atoms with Crippen molar-refractivity contribution in [1.82, 2.24) is 5.32 Å². The molecule has 17 heavy (non-hydrogen) atoms. The Kier molecular flexibility index (Phi) is 12.4. The van der Waals surface area contributed by atoms with Crippen molar-refractivity contribution in [2.24, 2.45) is 0 Å². The maximum Gasteiger partial charge on any atom is 0.0897 e. The molecule has 0 aliphatic carbocycles. The minimum atomic E-state index is -0.743. The molecule has 2 N–H and O–H groups in total. The van der Waals surface area contributed by atoms with E-state index in [-0.39, 0.29) is 0 Å². The van der Waals surface area contributed by atoms with Gasteiger partial charge in [0.25, 0.3) is 0 Å². The molecule has 2 atom stereocenters. The number of ether oxygens (including phenoxy) is 2. The number of hydrogen-bond donors (Lipinski definition) is 2. The average Bonchev–Trinajstić information content (AvgIpc) is 2.34. The molecule has 0 aliphatic heterocycles. The fraction of sp³-hybridized carbons (Fsp3) is 1.00. The van der Waals surface area contributed by atoms with Gasteiger partial charge in [-0.2, -0.15) is 0 Å². The largest absolute Gasteiger partial charge is 0.389 e. The fourth-order valence-electron chi connectivity index (χ4n) is 1.14. The summed E-state index contributed by atoms with van der Waals surface area (Å²) in [5.74, 6) is 1.32. The molecule has 0 aliphatic rings. The lowest BCUT2D eigenvalue weighted by Gasteiger charge is -2.12. The Balaban J connectivity index is 3.23. The van der Waals surface area contributed by atoms with E-state index in [0.717, 1.165) is 0 Å². The SMILES string of the molecule is CCOCCOCC(O)CNCCS(=O)CC. The van der Waals surface area contributed by atoms with Gasteiger partial charge in [0.2, 0.25) is 0 Å². The highest BCUT2D eigenvalue weighted by atomic mass is 32.2. The monoisotopic (exact) mass is 267 g/mol. The van der Waals surface area contributed by atoms with Crippen LogP contribution in [0.2, 0.25) is 0 Å². The topological polar surface area (TPSA) is 67.8 Å². The van der Waals surface area contributed by atoms with Crippen LogP contribution in [0.5, 0.6) is 0 Å². The summed E-state index contributed by atoms with van der Waals surface area (Å²) in [6.45, 7) is 7.01. The van der Waals surface area contributed by atoms with Gasteiger partial charge in [0.15, 0.2) is 0 Å². The molecule has 0 saturated heterocycles. The third-order valence-electron chi connectivity index (χ3n) is 2.09. The fourth-order valence-corrected chi connectivity index (χ4v) is 1.80. The lowest BCUT2D eigenvalue weighted by Crippen LogP contribution is -2.33. The molecule has 0 amide bonds. The van der Waals surface area contributed by atoms with Gasteiger partial charge in [-0.15, -0.1) is 0 Å². The van der Waals surface area contributed by atoms with Crippen LogP contribution >= 0.6 is 0 Å². The number of nitrogens with one attached hydrogen (secondary N) is 1. The minimum absolute atomic E-state index is 0.303. The highest BCUT2D eigenvalue weighted by molar-refractivity contribution is 7.84. The van der Waals surface area contributed by atoms with Gasteiger partial charge in [0, 0.05) is 42.0 Å². The van der Waals surface area contributed by atoms with Crippen LogP contribution in [0.15, 0.2) is 0 Å². The van der Waals surface area contributed by atoms with E-state index in [1.807, 2.05) is 13.8 Å². The van der Waals surface area contributed by atoms with E-state index < -0.39 is 16.9 Å². The van der Waals surface area contributed by atoms with E-state index in [2.05, 4.69) is 5.32 Å². The Labute approximate surface area is 106 Å². The third-order valence-corrected chi connectivity index (χ3v) is 3.40. The van der Waals surface area contributed by atoms with Crippen LogP contribution in [0.25, 0.3) is 0 Å². The van der Waals surface area contributed by atoms with Crippen molar-refractivity contribution < 1.29 is 18.8 Å². The molecule has 104 valence electrons. The van der Waals surface area contributed by atoms with E-state index in [4.69, 9.17) is 9.47 Å². The number of hydrogen-bond acceptors (Lipinski definition) is 5. The third kappa shape index (κ3) is 12.2. The molecular formula is C11H25NO4S. The van der Waals surface area contributed by atoms with Crippen molar-refractivity contribution in [3.63, 3.8) is 0 Å². The van der Waals surface area contributed by atoms with Gasteiger partial charge >= 0.3 is 0 Å².